The Kier molecular flexibility index (Phi) is 3.89. The predicted octanol–water partition coefficient (Wildman–Crippen LogP) is 4.83. The Morgan fingerprint density at radius 3 is 2.61 bits per heavy atom. The van der Waals surface area contributed by atoms with Crippen molar-refractivity contribution in [2.75, 3.05) is 0 Å². The second-order valence-electron chi connectivity index (χ2n) is 3.53. The lowest BCUT2D eigenvalue weighted by molar-refractivity contribution is -0.137. The molecule has 0 amide bonds. The molecule has 1 heterocycles. The first-order chi connectivity index (χ1) is 8.38. The Morgan fingerprint density at radius 2 is 2.06 bits per heavy atom. The summed E-state index contributed by atoms with van der Waals surface area (Å²) in [6.45, 7) is 0. The van der Waals surface area contributed by atoms with E-state index in [4.69, 9.17) is 11.6 Å². The van der Waals surface area contributed by atoms with Gasteiger partial charge in [-0.3, -0.25) is 0 Å². The summed E-state index contributed by atoms with van der Waals surface area (Å²) in [6.07, 6.45) is -4.41. The Morgan fingerprint density at radius 1 is 1.33 bits per heavy atom. The molecule has 2 rings (SSSR count). The van der Waals surface area contributed by atoms with Gasteiger partial charge in [0.05, 0.1) is 10.9 Å². The first-order valence-electron chi connectivity index (χ1n) is 4.84. The van der Waals surface area contributed by atoms with Gasteiger partial charge in [0.2, 0.25) is 0 Å². The van der Waals surface area contributed by atoms with E-state index in [0.29, 0.717) is 21.9 Å². The molecule has 0 aliphatic rings. The van der Waals surface area contributed by atoms with E-state index < -0.39 is 16.4 Å². The summed E-state index contributed by atoms with van der Waals surface area (Å²) >= 11 is 10.7. The SMILES string of the molecule is FC(F)(F)c1nc(C(S)c2cccc(Cl)c2)cs1. The number of alkyl halides is 3. The highest BCUT2D eigenvalue weighted by Gasteiger charge is 2.35. The maximum Gasteiger partial charge on any atom is 0.443 e. The molecule has 0 bridgehead atoms. The van der Waals surface area contributed by atoms with E-state index >= 15 is 0 Å². The van der Waals surface area contributed by atoms with Crippen LogP contribution in [0.15, 0.2) is 29.6 Å². The fourth-order valence-corrected chi connectivity index (χ4v) is 2.69. The lowest BCUT2D eigenvalue weighted by Gasteiger charge is -2.08. The molecule has 0 radical (unpaired) electrons. The molecule has 1 aromatic carbocycles. The Hall–Kier alpha value is -0.720. The van der Waals surface area contributed by atoms with Gasteiger partial charge in [0.1, 0.15) is 0 Å². The zero-order valence-electron chi connectivity index (χ0n) is 8.78. The van der Waals surface area contributed by atoms with Crippen LogP contribution in [0, 0.1) is 0 Å². The zero-order chi connectivity index (χ0) is 13.3. The quantitative estimate of drug-likeness (QED) is 0.784. The van der Waals surface area contributed by atoms with Crippen LogP contribution in [0.4, 0.5) is 13.2 Å². The molecule has 0 saturated carbocycles. The molecule has 0 fully saturated rings. The van der Waals surface area contributed by atoms with Gasteiger partial charge < -0.3 is 0 Å². The molecule has 0 aliphatic heterocycles. The Labute approximate surface area is 116 Å². The van der Waals surface area contributed by atoms with Crippen molar-refractivity contribution in [2.24, 2.45) is 0 Å². The van der Waals surface area contributed by atoms with Crippen LogP contribution in [-0.2, 0) is 6.18 Å². The van der Waals surface area contributed by atoms with E-state index in [0.717, 1.165) is 0 Å². The number of benzene rings is 1. The molecular formula is C11H7ClF3NS2. The van der Waals surface area contributed by atoms with Gasteiger partial charge in [0.25, 0.3) is 0 Å². The highest BCUT2D eigenvalue weighted by Crippen LogP contribution is 2.36. The Bertz CT molecular complexity index is 553. The van der Waals surface area contributed by atoms with E-state index in [2.05, 4.69) is 17.6 Å². The maximum atomic E-state index is 12.4. The fraction of sp³-hybridized carbons (Fsp3) is 0.182. The minimum Gasteiger partial charge on any atom is -0.236 e. The number of hydrogen-bond acceptors (Lipinski definition) is 3. The molecule has 1 nitrogen and oxygen atoms in total. The van der Waals surface area contributed by atoms with Crippen LogP contribution in [0.25, 0.3) is 0 Å². The molecule has 0 saturated heterocycles. The van der Waals surface area contributed by atoms with Crippen molar-refractivity contribution < 1.29 is 13.2 Å². The summed E-state index contributed by atoms with van der Waals surface area (Å²) in [4.78, 5) is 3.56. The molecule has 18 heavy (non-hydrogen) atoms. The van der Waals surface area contributed by atoms with E-state index in [1.165, 1.54) is 5.38 Å². The predicted molar refractivity (Wildman–Crippen MR) is 69.4 cm³/mol. The average molecular weight is 310 g/mol. The molecule has 0 spiro atoms. The highest BCUT2D eigenvalue weighted by molar-refractivity contribution is 7.80. The second kappa shape index (κ2) is 5.11. The first-order valence-corrected chi connectivity index (χ1v) is 6.61. The molecule has 0 N–H and O–H groups in total. The lowest BCUT2D eigenvalue weighted by Crippen LogP contribution is -2.04. The van der Waals surface area contributed by atoms with Crippen LogP contribution >= 0.6 is 35.6 Å². The van der Waals surface area contributed by atoms with E-state index in [1.54, 1.807) is 24.3 Å². The van der Waals surface area contributed by atoms with Crippen LogP contribution in [0.5, 0.6) is 0 Å². The van der Waals surface area contributed by atoms with Crippen LogP contribution in [0.3, 0.4) is 0 Å². The lowest BCUT2D eigenvalue weighted by atomic mass is 10.1. The fourth-order valence-electron chi connectivity index (χ4n) is 1.39. The number of rotatable bonds is 2. The van der Waals surface area contributed by atoms with Crippen molar-refractivity contribution in [3.05, 3.63) is 50.9 Å². The van der Waals surface area contributed by atoms with E-state index in [1.807, 2.05) is 0 Å². The topological polar surface area (TPSA) is 12.9 Å². The molecule has 1 aromatic heterocycles. The van der Waals surface area contributed by atoms with Crippen molar-refractivity contribution in [1.82, 2.24) is 4.98 Å². The van der Waals surface area contributed by atoms with Crippen molar-refractivity contribution >= 4 is 35.6 Å². The van der Waals surface area contributed by atoms with Gasteiger partial charge in [-0.1, -0.05) is 23.7 Å². The number of nitrogens with zero attached hydrogens (tertiary/aromatic N) is 1. The van der Waals surface area contributed by atoms with Gasteiger partial charge in [-0.25, -0.2) is 4.98 Å². The third-order valence-electron chi connectivity index (χ3n) is 2.21. The second-order valence-corrected chi connectivity index (χ2v) is 5.34. The van der Waals surface area contributed by atoms with E-state index in [9.17, 15) is 13.2 Å². The van der Waals surface area contributed by atoms with Crippen LogP contribution < -0.4 is 0 Å². The largest absolute Gasteiger partial charge is 0.443 e. The molecule has 1 unspecified atom stereocenters. The highest BCUT2D eigenvalue weighted by atomic mass is 35.5. The summed E-state index contributed by atoms with van der Waals surface area (Å²) in [5.74, 6) is 0. The number of halogens is 4. The van der Waals surface area contributed by atoms with Gasteiger partial charge >= 0.3 is 6.18 Å². The number of thiazole rings is 1. The van der Waals surface area contributed by atoms with Gasteiger partial charge in [0, 0.05) is 10.4 Å². The van der Waals surface area contributed by atoms with Crippen LogP contribution in [0.1, 0.15) is 21.5 Å². The molecule has 2 aromatic rings. The molecule has 0 aliphatic carbocycles. The number of aromatic nitrogens is 1. The van der Waals surface area contributed by atoms with Crippen molar-refractivity contribution in [1.29, 1.82) is 0 Å². The summed E-state index contributed by atoms with van der Waals surface area (Å²) in [5, 5.41) is 0.494. The maximum absolute atomic E-state index is 12.4. The van der Waals surface area contributed by atoms with Crippen molar-refractivity contribution in [3.63, 3.8) is 0 Å². The van der Waals surface area contributed by atoms with Gasteiger partial charge in [-0.05, 0) is 17.7 Å². The van der Waals surface area contributed by atoms with Crippen molar-refractivity contribution in [2.45, 2.75) is 11.4 Å². The minimum absolute atomic E-state index is 0.276. The van der Waals surface area contributed by atoms with Crippen molar-refractivity contribution in [3.8, 4) is 0 Å². The summed E-state index contributed by atoms with van der Waals surface area (Å²) < 4.78 is 37.3. The van der Waals surface area contributed by atoms with Gasteiger partial charge in [0.15, 0.2) is 5.01 Å². The summed E-state index contributed by atoms with van der Waals surface area (Å²) in [5.41, 5.74) is 0.989. The molecule has 96 valence electrons. The van der Waals surface area contributed by atoms with Gasteiger partial charge in [-0.15, -0.1) is 11.3 Å². The van der Waals surface area contributed by atoms with Gasteiger partial charge in [-0.2, -0.15) is 25.8 Å². The minimum atomic E-state index is -4.41. The summed E-state index contributed by atoms with van der Waals surface area (Å²) in [6, 6.07) is 6.81. The third-order valence-corrected chi connectivity index (χ3v) is 3.91. The average Bonchev–Trinajstić information content (AvgIpc) is 2.77. The molecular weight excluding hydrogens is 303 g/mol. The smallest absolute Gasteiger partial charge is 0.236 e. The first kappa shape index (κ1) is 13.7. The normalized spacial score (nSPS) is 13.6. The van der Waals surface area contributed by atoms with Crippen LogP contribution in [-0.4, -0.2) is 4.98 Å². The molecule has 1 atom stereocenters. The zero-order valence-corrected chi connectivity index (χ0v) is 11.2. The standard InChI is InChI=1S/C11H7ClF3NS2/c12-7-3-1-2-6(4-7)9(17)8-5-18-10(16-8)11(13,14)15/h1-5,9,17H. The number of thiol groups is 1. The monoisotopic (exact) mass is 309 g/mol. The Balaban J connectivity index is 2.29. The van der Waals surface area contributed by atoms with E-state index in [-0.39, 0.29) is 5.69 Å². The molecule has 7 heteroatoms. The van der Waals surface area contributed by atoms with Crippen LogP contribution in [0.2, 0.25) is 5.02 Å². The summed E-state index contributed by atoms with van der Waals surface area (Å²) in [7, 11) is 0. The number of hydrogen-bond donors (Lipinski definition) is 1. The third kappa shape index (κ3) is 2.99.